The first-order valence-corrected chi connectivity index (χ1v) is 10.3. The first-order valence-electron chi connectivity index (χ1n) is 9.50. The van der Waals surface area contributed by atoms with Crippen LogP contribution in [-0.2, 0) is 6.54 Å². The number of hydrogen-bond acceptors (Lipinski definition) is 4. The number of rotatable bonds is 4. The van der Waals surface area contributed by atoms with Crippen molar-refractivity contribution >= 4 is 28.9 Å². The molecule has 1 fully saturated rings. The highest BCUT2D eigenvalue weighted by Crippen LogP contribution is 2.38. The van der Waals surface area contributed by atoms with Crippen LogP contribution in [0.15, 0.2) is 66.7 Å². The molecular formula is C23H22Cl2N2O2. The standard InChI is InChI=1S/C23H22Cl2N2O2/c24-18-6-4-17(5-7-18)22-15-26(14-16-2-1-3-20(28)12-16)10-11-27(22)21-9-8-19(25)13-23(21)29/h1-9,12-13,22,28-29H,10-11,14-15H2. The van der Waals surface area contributed by atoms with E-state index < -0.39 is 0 Å². The molecule has 29 heavy (non-hydrogen) atoms. The van der Waals surface area contributed by atoms with Crippen molar-refractivity contribution in [2.45, 2.75) is 12.6 Å². The molecule has 6 heteroatoms. The maximum absolute atomic E-state index is 10.5. The second-order valence-corrected chi connectivity index (χ2v) is 8.17. The maximum Gasteiger partial charge on any atom is 0.140 e. The van der Waals surface area contributed by atoms with Gasteiger partial charge in [0.2, 0.25) is 0 Å². The lowest BCUT2D eigenvalue weighted by atomic mass is 10.0. The smallest absolute Gasteiger partial charge is 0.140 e. The second kappa shape index (κ2) is 8.54. The van der Waals surface area contributed by atoms with E-state index in [1.807, 2.05) is 42.5 Å². The van der Waals surface area contributed by atoms with Gasteiger partial charge in [-0.3, -0.25) is 4.90 Å². The van der Waals surface area contributed by atoms with Gasteiger partial charge in [0.1, 0.15) is 11.5 Å². The Hall–Kier alpha value is -2.40. The van der Waals surface area contributed by atoms with Crippen LogP contribution in [0.25, 0.3) is 0 Å². The van der Waals surface area contributed by atoms with Crippen LogP contribution in [0.1, 0.15) is 17.2 Å². The number of benzene rings is 3. The summed E-state index contributed by atoms with van der Waals surface area (Å²) in [5.41, 5.74) is 2.97. The van der Waals surface area contributed by atoms with E-state index in [1.54, 1.807) is 24.3 Å². The van der Waals surface area contributed by atoms with Gasteiger partial charge in [0, 0.05) is 42.3 Å². The third-order valence-electron chi connectivity index (χ3n) is 5.28. The Kier molecular flexibility index (Phi) is 5.86. The molecule has 0 amide bonds. The molecule has 0 saturated carbocycles. The topological polar surface area (TPSA) is 46.9 Å². The summed E-state index contributed by atoms with van der Waals surface area (Å²) in [6, 6.07) is 20.5. The highest BCUT2D eigenvalue weighted by Gasteiger charge is 2.30. The van der Waals surface area contributed by atoms with Gasteiger partial charge in [0.15, 0.2) is 0 Å². The van der Waals surface area contributed by atoms with Crippen molar-refractivity contribution in [2.24, 2.45) is 0 Å². The fourth-order valence-corrected chi connectivity index (χ4v) is 4.19. The van der Waals surface area contributed by atoms with Gasteiger partial charge in [0.05, 0.1) is 11.7 Å². The monoisotopic (exact) mass is 428 g/mol. The summed E-state index contributed by atoms with van der Waals surface area (Å²) in [6.07, 6.45) is 0. The molecule has 3 aromatic carbocycles. The van der Waals surface area contributed by atoms with E-state index in [1.165, 1.54) is 0 Å². The molecule has 1 atom stereocenters. The normalized spacial score (nSPS) is 17.4. The molecule has 3 aromatic rings. The molecule has 1 heterocycles. The van der Waals surface area contributed by atoms with Crippen molar-refractivity contribution in [3.63, 3.8) is 0 Å². The number of piperazine rings is 1. The number of anilines is 1. The summed E-state index contributed by atoms with van der Waals surface area (Å²) in [7, 11) is 0. The van der Waals surface area contributed by atoms with Crippen LogP contribution in [0.3, 0.4) is 0 Å². The number of halogens is 2. The largest absolute Gasteiger partial charge is 0.508 e. The molecule has 2 N–H and O–H groups in total. The van der Waals surface area contributed by atoms with Gasteiger partial charge in [-0.25, -0.2) is 0 Å². The van der Waals surface area contributed by atoms with Gasteiger partial charge in [-0.15, -0.1) is 0 Å². The average molecular weight is 429 g/mol. The lowest BCUT2D eigenvalue weighted by Crippen LogP contribution is -2.48. The Morgan fingerprint density at radius 1 is 0.862 bits per heavy atom. The van der Waals surface area contributed by atoms with E-state index >= 15 is 0 Å². The Morgan fingerprint density at radius 2 is 1.62 bits per heavy atom. The maximum atomic E-state index is 10.5. The zero-order valence-corrected chi connectivity index (χ0v) is 17.3. The fraction of sp³-hybridized carbons (Fsp3) is 0.217. The highest BCUT2D eigenvalue weighted by atomic mass is 35.5. The van der Waals surface area contributed by atoms with E-state index in [0.29, 0.717) is 10.0 Å². The minimum absolute atomic E-state index is 0.0467. The lowest BCUT2D eigenvalue weighted by Gasteiger charge is -2.43. The van der Waals surface area contributed by atoms with Gasteiger partial charge in [0.25, 0.3) is 0 Å². The number of aromatic hydroxyl groups is 2. The minimum Gasteiger partial charge on any atom is -0.508 e. The summed E-state index contributed by atoms with van der Waals surface area (Å²) in [5.74, 6) is 0.458. The first kappa shape index (κ1) is 19.9. The number of hydrogen-bond donors (Lipinski definition) is 2. The number of nitrogens with zero attached hydrogens (tertiary/aromatic N) is 2. The van der Waals surface area contributed by atoms with Crippen LogP contribution < -0.4 is 4.90 Å². The van der Waals surface area contributed by atoms with E-state index in [9.17, 15) is 10.2 Å². The molecule has 0 spiro atoms. The van der Waals surface area contributed by atoms with Gasteiger partial charge < -0.3 is 15.1 Å². The quantitative estimate of drug-likeness (QED) is 0.578. The number of phenolic OH excluding ortho intramolecular Hbond substituents is 2. The molecular weight excluding hydrogens is 407 g/mol. The zero-order valence-electron chi connectivity index (χ0n) is 15.8. The molecule has 4 nitrogen and oxygen atoms in total. The van der Waals surface area contributed by atoms with Crippen LogP contribution >= 0.6 is 23.2 Å². The second-order valence-electron chi connectivity index (χ2n) is 7.30. The van der Waals surface area contributed by atoms with Crippen molar-refractivity contribution in [2.75, 3.05) is 24.5 Å². The Labute approximate surface area is 180 Å². The Balaban J connectivity index is 1.63. The van der Waals surface area contributed by atoms with Crippen LogP contribution in [0, 0.1) is 0 Å². The fourth-order valence-electron chi connectivity index (χ4n) is 3.89. The summed E-state index contributed by atoms with van der Waals surface area (Å²) < 4.78 is 0. The lowest BCUT2D eigenvalue weighted by molar-refractivity contribution is 0.214. The summed E-state index contributed by atoms with van der Waals surface area (Å²) in [5, 5.41) is 21.5. The SMILES string of the molecule is Oc1cccc(CN2CCN(c3ccc(Cl)cc3O)C(c3ccc(Cl)cc3)C2)c1. The van der Waals surface area contributed by atoms with Crippen molar-refractivity contribution in [1.29, 1.82) is 0 Å². The van der Waals surface area contributed by atoms with Gasteiger partial charge in [-0.2, -0.15) is 0 Å². The van der Waals surface area contributed by atoms with Gasteiger partial charge in [-0.05, 0) is 47.5 Å². The highest BCUT2D eigenvalue weighted by molar-refractivity contribution is 6.31. The molecule has 1 aliphatic heterocycles. The predicted molar refractivity (Wildman–Crippen MR) is 118 cm³/mol. The number of phenols is 2. The molecule has 1 aliphatic rings. The van der Waals surface area contributed by atoms with Gasteiger partial charge >= 0.3 is 0 Å². The van der Waals surface area contributed by atoms with E-state index in [4.69, 9.17) is 23.2 Å². The molecule has 1 saturated heterocycles. The predicted octanol–water partition coefficient (Wildman–Crippen LogP) is 5.47. The van der Waals surface area contributed by atoms with Crippen LogP contribution in [-0.4, -0.2) is 34.7 Å². The molecule has 0 aliphatic carbocycles. The Morgan fingerprint density at radius 3 is 2.34 bits per heavy atom. The van der Waals surface area contributed by atoms with E-state index in [-0.39, 0.29) is 17.5 Å². The molecule has 4 rings (SSSR count). The summed E-state index contributed by atoms with van der Waals surface area (Å²) in [4.78, 5) is 4.57. The van der Waals surface area contributed by atoms with E-state index in [2.05, 4.69) is 9.80 Å². The molecule has 0 aromatic heterocycles. The van der Waals surface area contributed by atoms with Crippen molar-refractivity contribution in [3.8, 4) is 11.5 Å². The summed E-state index contributed by atoms with van der Waals surface area (Å²) in [6.45, 7) is 3.11. The van der Waals surface area contributed by atoms with Crippen LogP contribution in [0.2, 0.25) is 10.0 Å². The first-order chi connectivity index (χ1) is 14.0. The summed E-state index contributed by atoms with van der Waals surface area (Å²) >= 11 is 12.1. The Bertz CT molecular complexity index is 994. The minimum atomic E-state index is 0.0467. The van der Waals surface area contributed by atoms with Crippen molar-refractivity contribution in [1.82, 2.24) is 4.90 Å². The third kappa shape index (κ3) is 4.61. The van der Waals surface area contributed by atoms with Gasteiger partial charge in [-0.1, -0.05) is 47.5 Å². The molecule has 1 unspecified atom stereocenters. The van der Waals surface area contributed by atoms with E-state index in [0.717, 1.165) is 43.0 Å². The molecule has 0 radical (unpaired) electrons. The van der Waals surface area contributed by atoms with Crippen molar-refractivity contribution < 1.29 is 10.2 Å². The van der Waals surface area contributed by atoms with Crippen molar-refractivity contribution in [3.05, 3.63) is 87.9 Å². The van der Waals surface area contributed by atoms with Crippen LogP contribution in [0.5, 0.6) is 11.5 Å². The van der Waals surface area contributed by atoms with Crippen LogP contribution in [0.4, 0.5) is 5.69 Å². The molecule has 150 valence electrons. The third-order valence-corrected chi connectivity index (χ3v) is 5.77. The molecule has 0 bridgehead atoms. The zero-order chi connectivity index (χ0) is 20.4. The average Bonchev–Trinajstić information content (AvgIpc) is 2.69.